The average molecular weight is 438 g/mol. The van der Waals surface area contributed by atoms with Crippen molar-refractivity contribution in [1.29, 1.82) is 0 Å². The summed E-state index contributed by atoms with van der Waals surface area (Å²) in [5.74, 6) is 1.02. The van der Waals surface area contributed by atoms with E-state index in [1.165, 1.54) is 23.0 Å². The lowest BCUT2D eigenvalue weighted by atomic mass is 10.1. The lowest BCUT2D eigenvalue weighted by molar-refractivity contribution is -0.385. The van der Waals surface area contributed by atoms with Crippen molar-refractivity contribution >= 4 is 47.3 Å². The Morgan fingerprint density at radius 2 is 2.04 bits per heavy atom. The molecule has 4 rings (SSSR count). The summed E-state index contributed by atoms with van der Waals surface area (Å²) >= 11 is 17.4. The third-order valence-corrected chi connectivity index (χ3v) is 4.67. The van der Waals surface area contributed by atoms with Gasteiger partial charge in [0.25, 0.3) is 5.69 Å². The molecule has 2 heterocycles. The lowest BCUT2D eigenvalue weighted by Gasteiger charge is -2.04. The van der Waals surface area contributed by atoms with Gasteiger partial charge in [0.05, 0.1) is 27.8 Å². The minimum Gasteiger partial charge on any atom is -0.454 e. The summed E-state index contributed by atoms with van der Waals surface area (Å²) in [6, 6.07) is 7.65. The molecule has 0 fully saturated rings. The van der Waals surface area contributed by atoms with Crippen LogP contribution in [0.5, 0.6) is 11.5 Å². The van der Waals surface area contributed by atoms with Gasteiger partial charge in [-0.1, -0.05) is 23.2 Å². The van der Waals surface area contributed by atoms with E-state index in [0.717, 1.165) is 0 Å². The normalized spacial score (nSPS) is 12.6. The number of benzene rings is 2. The summed E-state index contributed by atoms with van der Waals surface area (Å²) in [4.78, 5) is 10.9. The highest BCUT2D eigenvalue weighted by atomic mass is 35.5. The Balaban J connectivity index is 1.79. The van der Waals surface area contributed by atoms with Crippen LogP contribution in [0.15, 0.2) is 35.4 Å². The van der Waals surface area contributed by atoms with E-state index >= 15 is 0 Å². The monoisotopic (exact) mass is 437 g/mol. The molecule has 0 aliphatic carbocycles. The topological polar surface area (TPSA) is 108 Å². The molecule has 9 nitrogen and oxygen atoms in total. The van der Waals surface area contributed by atoms with E-state index in [2.05, 4.69) is 15.3 Å². The zero-order chi connectivity index (χ0) is 19.8. The Bertz CT molecular complexity index is 1190. The van der Waals surface area contributed by atoms with E-state index < -0.39 is 4.92 Å². The van der Waals surface area contributed by atoms with Crippen LogP contribution in [0.2, 0.25) is 10.0 Å². The van der Waals surface area contributed by atoms with Crippen molar-refractivity contribution in [2.24, 2.45) is 5.10 Å². The number of nitrogens with one attached hydrogen (secondary N) is 1. The van der Waals surface area contributed by atoms with Crippen LogP contribution in [0.3, 0.4) is 0 Å². The molecule has 1 aliphatic rings. The minimum atomic E-state index is -0.533. The third kappa shape index (κ3) is 3.33. The molecule has 0 saturated heterocycles. The van der Waals surface area contributed by atoms with E-state index in [1.54, 1.807) is 18.2 Å². The minimum absolute atomic E-state index is 0.000906. The smallest absolute Gasteiger partial charge is 0.282 e. The van der Waals surface area contributed by atoms with E-state index in [1.807, 2.05) is 0 Å². The molecular weight excluding hydrogens is 429 g/mol. The first-order valence-electron chi connectivity index (χ1n) is 7.69. The van der Waals surface area contributed by atoms with Gasteiger partial charge in [-0.15, -0.1) is 0 Å². The fourth-order valence-corrected chi connectivity index (χ4v) is 3.24. The Kier molecular flexibility index (Phi) is 4.75. The second-order valence-electron chi connectivity index (χ2n) is 5.55. The van der Waals surface area contributed by atoms with Crippen molar-refractivity contribution in [3.05, 3.63) is 60.8 Å². The van der Waals surface area contributed by atoms with Crippen LogP contribution in [0, 0.1) is 14.9 Å². The molecule has 2 aromatic carbocycles. The molecule has 0 amide bonds. The maximum Gasteiger partial charge on any atom is 0.282 e. The van der Waals surface area contributed by atoms with E-state index in [9.17, 15) is 10.1 Å². The molecule has 0 spiro atoms. The first-order valence-corrected chi connectivity index (χ1v) is 8.85. The van der Waals surface area contributed by atoms with Crippen LogP contribution in [0.1, 0.15) is 5.56 Å². The summed E-state index contributed by atoms with van der Waals surface area (Å²) in [5, 5.41) is 23.2. The van der Waals surface area contributed by atoms with Gasteiger partial charge in [0, 0.05) is 10.6 Å². The van der Waals surface area contributed by atoms with Crippen molar-refractivity contribution in [2.45, 2.75) is 0 Å². The fraction of sp³-hybridized carbons (Fsp3) is 0.0625. The predicted octanol–water partition coefficient (Wildman–Crippen LogP) is 4.43. The zero-order valence-electron chi connectivity index (χ0n) is 13.8. The number of aromatic amines is 1. The number of nitro groups is 1. The van der Waals surface area contributed by atoms with Gasteiger partial charge in [-0.25, -0.2) is 5.10 Å². The molecule has 0 atom stereocenters. The Hall–Kier alpha value is -2.95. The summed E-state index contributed by atoms with van der Waals surface area (Å²) in [7, 11) is 0. The summed E-state index contributed by atoms with van der Waals surface area (Å²) in [6.45, 7) is -0.000906. The molecule has 0 radical (unpaired) electrons. The number of rotatable bonds is 4. The molecule has 1 aromatic heterocycles. The summed E-state index contributed by atoms with van der Waals surface area (Å²) < 4.78 is 11.9. The van der Waals surface area contributed by atoms with E-state index in [-0.39, 0.29) is 22.8 Å². The van der Waals surface area contributed by atoms with Crippen molar-refractivity contribution in [3.63, 3.8) is 0 Å². The maximum absolute atomic E-state index is 11.4. The highest BCUT2D eigenvalue weighted by Crippen LogP contribution is 2.37. The molecule has 0 bridgehead atoms. The summed E-state index contributed by atoms with van der Waals surface area (Å²) in [5.41, 5.74) is 0.565. The molecule has 3 aromatic rings. The lowest BCUT2D eigenvalue weighted by Crippen LogP contribution is -1.98. The molecule has 1 N–H and O–H groups in total. The van der Waals surface area contributed by atoms with Gasteiger partial charge < -0.3 is 9.47 Å². The van der Waals surface area contributed by atoms with Gasteiger partial charge in [0.1, 0.15) is 0 Å². The van der Waals surface area contributed by atoms with Crippen LogP contribution >= 0.6 is 35.4 Å². The Labute approximate surface area is 172 Å². The standard InChI is InChI=1S/C16H9Cl2N5O4S/c17-9-1-2-10(11(18)4-9)15-20-21-16(28)22(15)19-6-8-3-13-14(27-7-26-13)5-12(8)23(24)25/h1-6H,7H2,(H,21,28)/b19-6+. The number of H-pyrrole nitrogens is 1. The number of aromatic nitrogens is 3. The first-order chi connectivity index (χ1) is 13.4. The number of nitrogens with zero attached hydrogens (tertiary/aromatic N) is 4. The first kappa shape index (κ1) is 18.4. The molecule has 12 heteroatoms. The molecule has 1 aliphatic heterocycles. The molecule has 142 valence electrons. The number of hydrogen-bond donors (Lipinski definition) is 1. The number of halogens is 2. The molecule has 28 heavy (non-hydrogen) atoms. The van der Waals surface area contributed by atoms with Gasteiger partial charge in [0.2, 0.25) is 11.6 Å². The number of ether oxygens (including phenoxy) is 2. The summed E-state index contributed by atoms with van der Waals surface area (Å²) in [6.07, 6.45) is 1.29. The van der Waals surface area contributed by atoms with Crippen molar-refractivity contribution in [2.75, 3.05) is 6.79 Å². The second-order valence-corrected chi connectivity index (χ2v) is 6.78. The SMILES string of the molecule is O=[N+]([O-])c1cc2c(cc1/C=N/n1c(-c3ccc(Cl)cc3Cl)n[nH]c1=S)OCO2. The Morgan fingerprint density at radius 1 is 1.29 bits per heavy atom. The van der Waals surface area contributed by atoms with Gasteiger partial charge in [-0.2, -0.15) is 14.9 Å². The zero-order valence-corrected chi connectivity index (χ0v) is 16.1. The van der Waals surface area contributed by atoms with Gasteiger partial charge >= 0.3 is 0 Å². The highest BCUT2D eigenvalue weighted by Gasteiger charge is 2.22. The van der Waals surface area contributed by atoms with Crippen LogP contribution in [-0.4, -0.2) is 32.8 Å². The Morgan fingerprint density at radius 3 is 2.75 bits per heavy atom. The van der Waals surface area contributed by atoms with Crippen LogP contribution in [-0.2, 0) is 0 Å². The van der Waals surface area contributed by atoms with Crippen LogP contribution in [0.25, 0.3) is 11.4 Å². The number of hydrogen-bond acceptors (Lipinski definition) is 7. The highest BCUT2D eigenvalue weighted by molar-refractivity contribution is 7.71. The predicted molar refractivity (Wildman–Crippen MR) is 105 cm³/mol. The number of fused-ring (bicyclic) bond motifs is 1. The van der Waals surface area contributed by atoms with Gasteiger partial charge in [-0.05, 0) is 36.5 Å². The molecular formula is C16H9Cl2N5O4S. The molecule has 0 saturated carbocycles. The molecule has 0 unspecified atom stereocenters. The van der Waals surface area contributed by atoms with Crippen molar-refractivity contribution in [1.82, 2.24) is 14.9 Å². The van der Waals surface area contributed by atoms with E-state index in [0.29, 0.717) is 32.9 Å². The van der Waals surface area contributed by atoms with Crippen LogP contribution in [0.4, 0.5) is 5.69 Å². The maximum atomic E-state index is 11.4. The van der Waals surface area contributed by atoms with Crippen molar-refractivity contribution < 1.29 is 14.4 Å². The average Bonchev–Trinajstić information content (AvgIpc) is 3.25. The van der Waals surface area contributed by atoms with Gasteiger partial charge in [-0.3, -0.25) is 10.1 Å². The van der Waals surface area contributed by atoms with Crippen LogP contribution < -0.4 is 9.47 Å². The fourth-order valence-electron chi connectivity index (χ4n) is 2.57. The quantitative estimate of drug-likeness (QED) is 0.279. The van der Waals surface area contributed by atoms with Crippen molar-refractivity contribution in [3.8, 4) is 22.9 Å². The third-order valence-electron chi connectivity index (χ3n) is 3.85. The van der Waals surface area contributed by atoms with E-state index in [4.69, 9.17) is 44.9 Å². The largest absolute Gasteiger partial charge is 0.454 e. The van der Waals surface area contributed by atoms with Gasteiger partial charge in [0.15, 0.2) is 17.3 Å². The number of nitro benzene ring substituents is 1. The second kappa shape index (κ2) is 7.23.